The Hall–Kier alpha value is -3.84. The number of methoxy groups -OCH3 is 1. The number of amides is 1. The van der Waals surface area contributed by atoms with Crippen LogP contribution in [0.1, 0.15) is 69.8 Å². The maximum atomic E-state index is 14.5. The van der Waals surface area contributed by atoms with Gasteiger partial charge in [0.15, 0.2) is 6.10 Å². The minimum atomic E-state index is -1.05. The first-order chi connectivity index (χ1) is 20.3. The van der Waals surface area contributed by atoms with E-state index in [4.69, 9.17) is 9.47 Å². The number of ether oxygens (including phenoxy) is 2. The summed E-state index contributed by atoms with van der Waals surface area (Å²) < 4.78 is 11.9. The summed E-state index contributed by atoms with van der Waals surface area (Å²) in [6, 6.07) is 21.7. The monoisotopic (exact) mass is 584 g/mol. The van der Waals surface area contributed by atoms with Crippen LogP contribution in [0, 0.1) is 11.3 Å². The van der Waals surface area contributed by atoms with Gasteiger partial charge in [-0.2, -0.15) is 0 Å². The van der Waals surface area contributed by atoms with Crippen molar-refractivity contribution in [1.29, 1.82) is 0 Å². The minimum Gasteiger partial charge on any atom is -0.496 e. The number of para-hydroxylation sites is 1. The molecule has 0 aromatic heterocycles. The molecule has 2 aliphatic rings. The molecule has 2 aliphatic heterocycles. The van der Waals surface area contributed by atoms with E-state index in [1.807, 2.05) is 60.7 Å². The third-order valence-corrected chi connectivity index (χ3v) is 8.91. The SMILES string of the molecule is COc1ccc(C(C)(C)C)cc1CN[C@H]1[C@H](C(C)(C)C)[C@@H](C(=O)O)N(C(=O)[C@H]2Cc3ccccc3O2)[C@H]1c1ccccc1. The van der Waals surface area contributed by atoms with E-state index in [9.17, 15) is 14.7 Å². The first-order valence-electron chi connectivity index (χ1n) is 15.1. The van der Waals surface area contributed by atoms with Crippen molar-refractivity contribution in [1.82, 2.24) is 10.2 Å². The molecule has 0 unspecified atom stereocenters. The quantitative estimate of drug-likeness (QED) is 0.346. The second-order valence-electron chi connectivity index (χ2n) is 13.9. The van der Waals surface area contributed by atoms with Crippen LogP contribution in [0.4, 0.5) is 0 Å². The zero-order valence-corrected chi connectivity index (χ0v) is 26.3. The minimum absolute atomic E-state index is 0.0502. The standard InChI is InChI=1S/C36H44N2O5/c1-35(2,3)25-17-18-26(42-7)24(19-25)21-37-30-29(36(4,5)6)32(34(40)41)38(31(30)22-13-9-8-10-14-22)33(39)28-20-23-15-11-12-16-27(23)43-28/h8-19,28-32,37H,20-21H2,1-7H3,(H,40,41)/t28-,29+,30+,31+,32+/m1/s1. The van der Waals surface area contributed by atoms with Crippen molar-refractivity contribution in [2.75, 3.05) is 7.11 Å². The normalized spacial score (nSPS) is 23.5. The maximum Gasteiger partial charge on any atom is 0.326 e. The highest BCUT2D eigenvalue weighted by molar-refractivity contribution is 5.89. The van der Waals surface area contributed by atoms with Crippen LogP contribution in [0.2, 0.25) is 0 Å². The maximum absolute atomic E-state index is 14.5. The predicted octanol–water partition coefficient (Wildman–Crippen LogP) is 6.15. The van der Waals surface area contributed by atoms with Crippen molar-refractivity contribution >= 4 is 11.9 Å². The van der Waals surface area contributed by atoms with Crippen molar-refractivity contribution in [3.63, 3.8) is 0 Å². The number of hydrogen-bond donors (Lipinski definition) is 2. The molecule has 0 bridgehead atoms. The van der Waals surface area contributed by atoms with Gasteiger partial charge in [-0.25, -0.2) is 4.79 Å². The van der Waals surface area contributed by atoms with Crippen molar-refractivity contribution < 1.29 is 24.2 Å². The molecular formula is C36H44N2O5. The molecule has 228 valence electrons. The van der Waals surface area contributed by atoms with E-state index < -0.39 is 35.5 Å². The fourth-order valence-electron chi connectivity index (χ4n) is 6.82. The fraction of sp³-hybridized carbons (Fsp3) is 0.444. The van der Waals surface area contributed by atoms with Crippen LogP contribution < -0.4 is 14.8 Å². The van der Waals surface area contributed by atoms with Gasteiger partial charge in [-0.3, -0.25) is 4.79 Å². The second-order valence-corrected chi connectivity index (χ2v) is 13.9. The topological polar surface area (TPSA) is 88.1 Å². The van der Waals surface area contributed by atoms with E-state index in [2.05, 4.69) is 59.0 Å². The van der Waals surface area contributed by atoms with Crippen LogP contribution >= 0.6 is 0 Å². The van der Waals surface area contributed by atoms with Gasteiger partial charge in [0, 0.05) is 30.5 Å². The molecule has 1 fully saturated rings. The zero-order chi connectivity index (χ0) is 31.1. The van der Waals surface area contributed by atoms with Crippen LogP contribution in [0.25, 0.3) is 0 Å². The lowest BCUT2D eigenvalue weighted by Crippen LogP contribution is -2.51. The third-order valence-electron chi connectivity index (χ3n) is 8.91. The van der Waals surface area contributed by atoms with E-state index in [1.165, 1.54) is 5.56 Å². The van der Waals surface area contributed by atoms with E-state index >= 15 is 0 Å². The Morgan fingerprint density at radius 2 is 1.65 bits per heavy atom. The second kappa shape index (κ2) is 11.7. The van der Waals surface area contributed by atoms with Gasteiger partial charge in [0.2, 0.25) is 0 Å². The van der Waals surface area contributed by atoms with Gasteiger partial charge >= 0.3 is 5.97 Å². The van der Waals surface area contributed by atoms with Crippen molar-refractivity contribution in [2.24, 2.45) is 11.3 Å². The summed E-state index contributed by atoms with van der Waals surface area (Å²) in [6.07, 6.45) is -0.373. The Bertz CT molecular complexity index is 1450. The van der Waals surface area contributed by atoms with E-state index in [0.29, 0.717) is 18.7 Å². The smallest absolute Gasteiger partial charge is 0.326 e. The van der Waals surface area contributed by atoms with E-state index in [1.54, 1.807) is 12.0 Å². The number of likely N-dealkylation sites (tertiary alicyclic amines) is 1. The number of hydrogen-bond acceptors (Lipinski definition) is 5. The summed E-state index contributed by atoms with van der Waals surface area (Å²) in [6.45, 7) is 13.1. The molecule has 0 saturated carbocycles. The Morgan fingerprint density at radius 1 is 0.977 bits per heavy atom. The lowest BCUT2D eigenvalue weighted by Gasteiger charge is -2.35. The van der Waals surface area contributed by atoms with E-state index in [-0.39, 0.29) is 17.4 Å². The Labute approximate surface area is 255 Å². The summed E-state index contributed by atoms with van der Waals surface area (Å²) in [5, 5.41) is 14.5. The zero-order valence-electron chi connectivity index (χ0n) is 26.3. The van der Waals surface area contributed by atoms with Gasteiger partial charge in [-0.05, 0) is 39.7 Å². The molecule has 3 aromatic carbocycles. The number of rotatable bonds is 7. The highest BCUT2D eigenvalue weighted by atomic mass is 16.5. The average molecular weight is 585 g/mol. The number of nitrogens with one attached hydrogen (secondary N) is 1. The first-order valence-corrected chi connectivity index (χ1v) is 15.1. The Kier molecular flexibility index (Phi) is 8.32. The van der Waals surface area contributed by atoms with Crippen LogP contribution in [0.3, 0.4) is 0 Å². The Morgan fingerprint density at radius 3 is 2.26 bits per heavy atom. The number of carbonyl (C=O) groups excluding carboxylic acids is 1. The van der Waals surface area contributed by atoms with Crippen LogP contribution in [-0.4, -0.2) is 47.2 Å². The summed E-state index contributed by atoms with van der Waals surface area (Å²) in [4.78, 5) is 29.2. The number of fused-ring (bicyclic) bond motifs is 1. The van der Waals surface area contributed by atoms with Gasteiger partial charge in [0.1, 0.15) is 17.5 Å². The molecule has 43 heavy (non-hydrogen) atoms. The van der Waals surface area contributed by atoms with Crippen LogP contribution in [0.15, 0.2) is 72.8 Å². The van der Waals surface area contributed by atoms with Crippen LogP contribution in [0.5, 0.6) is 11.5 Å². The molecule has 5 rings (SSSR count). The molecule has 2 N–H and O–H groups in total. The number of benzene rings is 3. The lowest BCUT2D eigenvalue weighted by molar-refractivity contribution is -0.155. The molecule has 1 amide bonds. The molecule has 5 atom stereocenters. The molecule has 7 heteroatoms. The number of carboxylic acid groups (broad SMARTS) is 1. The molecular weight excluding hydrogens is 540 g/mol. The summed E-state index contributed by atoms with van der Waals surface area (Å²) >= 11 is 0. The largest absolute Gasteiger partial charge is 0.496 e. The molecule has 7 nitrogen and oxygen atoms in total. The fourth-order valence-corrected chi connectivity index (χ4v) is 6.82. The molecule has 0 spiro atoms. The molecule has 1 saturated heterocycles. The molecule has 0 aliphatic carbocycles. The number of carbonyl (C=O) groups is 2. The van der Waals surface area contributed by atoms with E-state index in [0.717, 1.165) is 22.4 Å². The Balaban J connectivity index is 1.58. The number of nitrogens with zero attached hydrogens (tertiary/aromatic N) is 1. The molecule has 2 heterocycles. The van der Waals surface area contributed by atoms with Crippen molar-refractivity contribution in [3.05, 3.63) is 95.1 Å². The van der Waals surface area contributed by atoms with Gasteiger partial charge < -0.3 is 24.8 Å². The van der Waals surface area contributed by atoms with Gasteiger partial charge in [-0.15, -0.1) is 0 Å². The van der Waals surface area contributed by atoms with Gasteiger partial charge in [0.05, 0.1) is 13.2 Å². The number of aliphatic carboxylic acids is 1. The molecule has 0 radical (unpaired) electrons. The third kappa shape index (κ3) is 6.00. The highest BCUT2D eigenvalue weighted by Crippen LogP contribution is 2.49. The van der Waals surface area contributed by atoms with Crippen molar-refractivity contribution in [2.45, 2.75) is 84.2 Å². The lowest BCUT2D eigenvalue weighted by atomic mass is 9.72. The predicted molar refractivity (Wildman–Crippen MR) is 167 cm³/mol. The summed E-state index contributed by atoms with van der Waals surface area (Å²) in [7, 11) is 1.66. The summed E-state index contributed by atoms with van der Waals surface area (Å²) in [5.41, 5.74) is 3.51. The van der Waals surface area contributed by atoms with Crippen LogP contribution in [-0.2, 0) is 28.0 Å². The van der Waals surface area contributed by atoms with Gasteiger partial charge in [0.25, 0.3) is 5.91 Å². The highest BCUT2D eigenvalue weighted by Gasteiger charge is 2.59. The van der Waals surface area contributed by atoms with Crippen molar-refractivity contribution in [3.8, 4) is 11.5 Å². The van der Waals surface area contributed by atoms with Gasteiger partial charge in [-0.1, -0.05) is 102 Å². The summed E-state index contributed by atoms with van der Waals surface area (Å²) in [5.74, 6) is -0.276. The average Bonchev–Trinajstić information content (AvgIpc) is 3.55. The number of carboxylic acids is 1. The first kappa shape index (κ1) is 30.6. The molecule has 3 aromatic rings.